The number of azo groups is 1. The lowest BCUT2D eigenvalue weighted by Gasteiger charge is -2.11. The van der Waals surface area contributed by atoms with Crippen LogP contribution >= 0.6 is 0 Å². The summed E-state index contributed by atoms with van der Waals surface area (Å²) in [7, 11) is -9.98. The molecule has 3 rings (SSSR count). The molecule has 0 saturated heterocycles. The Kier molecular flexibility index (Phi) is 5.01. The van der Waals surface area contributed by atoms with Crippen molar-refractivity contribution in [1.82, 2.24) is 14.8 Å². The standard InChI is InChI=1S/C13H8F3N5O7S2/c14-13(15,16)21-5-17-12(20-21)19-18-7-4-9(30(26,27)28)6-2-1-3-8(29(23,24)25)10(6)11(7)22/h1-5,22H,(H,23,24,25)(H,26,27,28). The quantitative estimate of drug-likeness (QED) is 0.383. The van der Waals surface area contributed by atoms with Crippen LogP contribution < -0.4 is 0 Å². The summed E-state index contributed by atoms with van der Waals surface area (Å²) in [4.78, 5) is 1.37. The number of hydrogen-bond donors (Lipinski definition) is 3. The average Bonchev–Trinajstić information content (AvgIpc) is 3.08. The Bertz CT molecular complexity index is 1400. The summed E-state index contributed by atoms with van der Waals surface area (Å²) < 4.78 is 102. The third kappa shape index (κ3) is 4.08. The number of hydrogen-bond acceptors (Lipinski definition) is 9. The second kappa shape index (κ2) is 6.97. The number of phenols is 1. The fourth-order valence-electron chi connectivity index (χ4n) is 2.40. The number of fused-ring (bicyclic) bond motifs is 1. The molecule has 2 aromatic carbocycles. The summed E-state index contributed by atoms with van der Waals surface area (Å²) in [6.07, 6.45) is -4.62. The number of rotatable bonds is 4. The molecule has 3 aromatic rings. The molecule has 1 aromatic heterocycles. The number of halogens is 3. The van der Waals surface area contributed by atoms with Gasteiger partial charge in [0.1, 0.15) is 21.8 Å². The molecular formula is C13H8F3N5O7S2. The van der Waals surface area contributed by atoms with E-state index in [0.717, 1.165) is 18.2 Å². The van der Waals surface area contributed by atoms with Crippen molar-refractivity contribution < 1.29 is 44.2 Å². The van der Waals surface area contributed by atoms with Gasteiger partial charge in [-0.15, -0.1) is 28.5 Å². The van der Waals surface area contributed by atoms with Crippen LogP contribution in [0.5, 0.6) is 5.75 Å². The molecule has 1 heterocycles. The van der Waals surface area contributed by atoms with E-state index in [9.17, 15) is 44.2 Å². The molecule has 0 aliphatic carbocycles. The molecule has 0 aliphatic heterocycles. The summed E-state index contributed by atoms with van der Waals surface area (Å²) in [5.74, 6) is -1.83. The maximum absolute atomic E-state index is 12.5. The Morgan fingerprint density at radius 3 is 2.17 bits per heavy atom. The lowest BCUT2D eigenvalue weighted by Crippen LogP contribution is -2.16. The van der Waals surface area contributed by atoms with Crippen LogP contribution in [0, 0.1) is 0 Å². The van der Waals surface area contributed by atoms with Gasteiger partial charge in [0.2, 0.25) is 0 Å². The first kappa shape index (κ1) is 21.6. The van der Waals surface area contributed by atoms with Gasteiger partial charge in [0.15, 0.2) is 5.75 Å². The number of aromatic nitrogens is 3. The molecule has 30 heavy (non-hydrogen) atoms. The molecule has 0 spiro atoms. The molecule has 160 valence electrons. The molecule has 3 N–H and O–H groups in total. The fourth-order valence-corrected chi connectivity index (χ4v) is 3.83. The van der Waals surface area contributed by atoms with Crippen molar-refractivity contribution >= 4 is 42.6 Å². The minimum Gasteiger partial charge on any atom is -0.505 e. The zero-order chi connectivity index (χ0) is 22.5. The van der Waals surface area contributed by atoms with Crippen LogP contribution in [0.1, 0.15) is 0 Å². The van der Waals surface area contributed by atoms with Crippen molar-refractivity contribution in [2.24, 2.45) is 10.2 Å². The van der Waals surface area contributed by atoms with Crippen molar-refractivity contribution in [2.45, 2.75) is 16.1 Å². The molecule has 0 saturated carbocycles. The average molecular weight is 467 g/mol. The second-order valence-corrected chi connectivity index (χ2v) is 8.31. The van der Waals surface area contributed by atoms with Gasteiger partial charge in [-0.25, -0.2) is 0 Å². The summed E-state index contributed by atoms with van der Waals surface area (Å²) in [5.41, 5.74) is -0.769. The first-order valence-corrected chi connectivity index (χ1v) is 10.2. The smallest absolute Gasteiger partial charge is 0.505 e. The van der Waals surface area contributed by atoms with Crippen LogP contribution in [0.25, 0.3) is 10.8 Å². The number of phenolic OH excluding ortho intramolecular Hbond substituents is 1. The molecule has 0 fully saturated rings. The first-order valence-electron chi connectivity index (χ1n) is 7.34. The van der Waals surface area contributed by atoms with Crippen molar-refractivity contribution in [3.8, 4) is 5.75 Å². The van der Waals surface area contributed by atoms with E-state index < -0.39 is 69.2 Å². The SMILES string of the molecule is O=S(=O)(O)c1cc(N=Nc2ncn(C(F)(F)F)n2)c(O)c2c(S(=O)(=O)O)cccc12. The highest BCUT2D eigenvalue weighted by Crippen LogP contribution is 2.42. The van der Waals surface area contributed by atoms with Crippen LogP contribution in [-0.2, 0) is 26.5 Å². The number of alkyl halides is 3. The Labute approximate surface area is 164 Å². The van der Waals surface area contributed by atoms with Crippen molar-refractivity contribution in [3.05, 3.63) is 30.6 Å². The van der Waals surface area contributed by atoms with E-state index >= 15 is 0 Å². The third-order valence-electron chi connectivity index (χ3n) is 3.58. The maximum atomic E-state index is 12.5. The molecular weight excluding hydrogens is 459 g/mol. The van der Waals surface area contributed by atoms with Gasteiger partial charge in [-0.05, 0) is 12.1 Å². The van der Waals surface area contributed by atoms with Gasteiger partial charge in [0, 0.05) is 10.8 Å². The topological polar surface area (TPSA) is 184 Å². The Balaban J connectivity index is 2.28. The molecule has 0 bridgehead atoms. The molecule has 0 aliphatic rings. The Morgan fingerprint density at radius 2 is 1.63 bits per heavy atom. The molecule has 12 nitrogen and oxygen atoms in total. The minimum atomic E-state index is -5.00. The van der Waals surface area contributed by atoms with Crippen LogP contribution in [0.4, 0.5) is 24.8 Å². The van der Waals surface area contributed by atoms with E-state index in [-0.39, 0.29) is 6.33 Å². The van der Waals surface area contributed by atoms with E-state index in [2.05, 4.69) is 20.3 Å². The third-order valence-corrected chi connectivity index (χ3v) is 5.37. The minimum absolute atomic E-state index is 0.272. The maximum Gasteiger partial charge on any atom is 0.506 e. The summed E-state index contributed by atoms with van der Waals surface area (Å²) in [6.45, 7) is 0. The number of nitrogens with zero attached hydrogens (tertiary/aromatic N) is 5. The van der Waals surface area contributed by atoms with E-state index in [1.54, 1.807) is 0 Å². The van der Waals surface area contributed by atoms with Gasteiger partial charge in [-0.2, -0.15) is 26.5 Å². The molecule has 17 heteroatoms. The first-order chi connectivity index (χ1) is 13.7. The van der Waals surface area contributed by atoms with Crippen molar-refractivity contribution in [3.63, 3.8) is 0 Å². The zero-order valence-electron chi connectivity index (χ0n) is 14.0. The number of benzene rings is 2. The highest BCUT2D eigenvalue weighted by atomic mass is 32.2. The van der Waals surface area contributed by atoms with Gasteiger partial charge in [-0.3, -0.25) is 9.11 Å². The summed E-state index contributed by atoms with van der Waals surface area (Å²) in [5, 5.41) is 18.7. The van der Waals surface area contributed by atoms with E-state index in [1.165, 1.54) is 0 Å². The monoisotopic (exact) mass is 467 g/mol. The zero-order valence-corrected chi connectivity index (χ0v) is 15.7. The highest BCUT2D eigenvalue weighted by Gasteiger charge is 2.32. The van der Waals surface area contributed by atoms with Crippen LogP contribution in [0.3, 0.4) is 0 Å². The van der Waals surface area contributed by atoms with Gasteiger partial charge in [0.25, 0.3) is 26.2 Å². The van der Waals surface area contributed by atoms with Gasteiger partial charge in [-0.1, -0.05) is 12.1 Å². The summed E-state index contributed by atoms with van der Waals surface area (Å²) in [6, 6.07) is 3.48. The van der Waals surface area contributed by atoms with Crippen LogP contribution in [-0.4, -0.2) is 45.8 Å². The van der Waals surface area contributed by atoms with E-state index in [4.69, 9.17) is 0 Å². The van der Waals surface area contributed by atoms with Gasteiger partial charge < -0.3 is 5.11 Å². The van der Waals surface area contributed by atoms with Crippen LogP contribution in [0.15, 0.2) is 50.6 Å². The summed E-state index contributed by atoms with van der Waals surface area (Å²) >= 11 is 0. The Hall–Kier alpha value is -3.15. The predicted octanol–water partition coefficient (Wildman–Crippen LogP) is 2.52. The molecule has 0 amide bonds. The molecule has 0 unspecified atom stereocenters. The van der Waals surface area contributed by atoms with E-state index in [0.29, 0.717) is 6.07 Å². The lowest BCUT2D eigenvalue weighted by atomic mass is 10.1. The highest BCUT2D eigenvalue weighted by molar-refractivity contribution is 7.86. The largest absolute Gasteiger partial charge is 0.506 e. The van der Waals surface area contributed by atoms with Gasteiger partial charge in [0.05, 0.1) is 0 Å². The molecule has 0 radical (unpaired) electrons. The Morgan fingerprint density at radius 1 is 1.00 bits per heavy atom. The van der Waals surface area contributed by atoms with Crippen LogP contribution in [0.2, 0.25) is 0 Å². The second-order valence-electron chi connectivity index (χ2n) is 5.53. The van der Waals surface area contributed by atoms with E-state index in [1.807, 2.05) is 0 Å². The lowest BCUT2D eigenvalue weighted by molar-refractivity contribution is -0.212. The van der Waals surface area contributed by atoms with Crippen molar-refractivity contribution in [2.75, 3.05) is 0 Å². The predicted molar refractivity (Wildman–Crippen MR) is 90.7 cm³/mol. The normalized spacial score (nSPS) is 13.4. The van der Waals surface area contributed by atoms with Crippen molar-refractivity contribution in [1.29, 1.82) is 0 Å². The van der Waals surface area contributed by atoms with Gasteiger partial charge >= 0.3 is 6.30 Å². The molecule has 0 atom stereocenters. The number of aromatic hydroxyl groups is 1. The fraction of sp³-hybridized carbons (Fsp3) is 0.0769.